The fourth-order valence-corrected chi connectivity index (χ4v) is 2.43. The summed E-state index contributed by atoms with van der Waals surface area (Å²) in [7, 11) is 0. The van der Waals surface area contributed by atoms with Gasteiger partial charge in [-0.3, -0.25) is 0 Å². The van der Waals surface area contributed by atoms with E-state index in [2.05, 4.69) is 0 Å². The van der Waals surface area contributed by atoms with E-state index in [1.165, 1.54) is 0 Å². The summed E-state index contributed by atoms with van der Waals surface area (Å²) in [6.45, 7) is 2.00. The molecule has 1 heterocycles. The molecule has 0 atom stereocenters. The van der Waals surface area contributed by atoms with Crippen LogP contribution in [0.15, 0.2) is 23.6 Å². The Balaban J connectivity index is 2.55. The molecule has 3 heteroatoms. The molecule has 0 aliphatic carbocycles. The van der Waals surface area contributed by atoms with Crippen LogP contribution < -0.4 is 5.11 Å². The molecule has 2 aromatic rings. The molecule has 0 aliphatic heterocycles. The summed E-state index contributed by atoms with van der Waals surface area (Å²) in [5, 5.41) is 13.4. The van der Waals surface area contributed by atoms with Gasteiger partial charge in [-0.25, -0.2) is 0 Å². The Bertz CT molecular complexity index is 485. The number of rotatable bonds is 2. The Morgan fingerprint density at radius 3 is 3.00 bits per heavy atom. The Morgan fingerprint density at radius 1 is 1.50 bits per heavy atom. The summed E-state index contributed by atoms with van der Waals surface area (Å²) in [6, 6.07) is 6.07. The van der Waals surface area contributed by atoms with Gasteiger partial charge in [-0.2, -0.15) is 0 Å². The van der Waals surface area contributed by atoms with Crippen LogP contribution in [0.25, 0.3) is 10.1 Å². The van der Waals surface area contributed by atoms with Gasteiger partial charge in [-0.05, 0) is 29.3 Å². The average molecular weight is 205 g/mol. The van der Waals surface area contributed by atoms with Gasteiger partial charge in [0.1, 0.15) is 0 Å². The van der Waals surface area contributed by atoms with Gasteiger partial charge in [-0.1, -0.05) is 17.7 Å². The van der Waals surface area contributed by atoms with Crippen molar-refractivity contribution in [3.8, 4) is 0 Å². The molecule has 2 rings (SSSR count). The van der Waals surface area contributed by atoms with Crippen LogP contribution in [-0.2, 0) is 11.2 Å². The lowest BCUT2D eigenvalue weighted by Gasteiger charge is -2.00. The summed E-state index contributed by atoms with van der Waals surface area (Å²) >= 11 is 1.57. The van der Waals surface area contributed by atoms with E-state index in [4.69, 9.17) is 0 Å². The maximum atomic E-state index is 10.5. The average Bonchev–Trinajstić information content (AvgIpc) is 2.47. The van der Waals surface area contributed by atoms with Crippen molar-refractivity contribution in [2.75, 3.05) is 0 Å². The lowest BCUT2D eigenvalue weighted by atomic mass is 10.1. The second-order valence-corrected chi connectivity index (χ2v) is 4.22. The molecule has 0 bridgehead atoms. The largest absolute Gasteiger partial charge is 0.550 e. The van der Waals surface area contributed by atoms with E-state index in [1.54, 1.807) is 11.3 Å². The molecule has 0 spiro atoms. The fourth-order valence-electron chi connectivity index (χ4n) is 1.49. The zero-order chi connectivity index (χ0) is 10.1. The molecule has 0 aliphatic rings. The monoisotopic (exact) mass is 205 g/mol. The van der Waals surface area contributed by atoms with Crippen molar-refractivity contribution >= 4 is 27.4 Å². The molecule has 14 heavy (non-hydrogen) atoms. The first kappa shape index (κ1) is 9.21. The summed E-state index contributed by atoms with van der Waals surface area (Å²) in [6.07, 6.45) is 0.00343. The SMILES string of the molecule is Cc1ccc2scc(CC(=O)[O-])c2c1. The van der Waals surface area contributed by atoms with Crippen LogP contribution in [0.1, 0.15) is 11.1 Å². The van der Waals surface area contributed by atoms with Crippen molar-refractivity contribution in [1.29, 1.82) is 0 Å². The molecule has 0 fully saturated rings. The Morgan fingerprint density at radius 2 is 2.29 bits per heavy atom. The van der Waals surface area contributed by atoms with Crippen molar-refractivity contribution in [2.24, 2.45) is 0 Å². The van der Waals surface area contributed by atoms with Crippen molar-refractivity contribution in [2.45, 2.75) is 13.3 Å². The third-order valence-corrected chi connectivity index (χ3v) is 3.16. The van der Waals surface area contributed by atoms with E-state index in [0.29, 0.717) is 0 Å². The number of carbonyl (C=O) groups is 1. The maximum Gasteiger partial charge on any atom is 0.0458 e. The van der Waals surface area contributed by atoms with Crippen LogP contribution in [-0.4, -0.2) is 5.97 Å². The van der Waals surface area contributed by atoms with Crippen LogP contribution in [0.2, 0.25) is 0 Å². The molecular formula is C11H9O2S-. The molecule has 0 unspecified atom stereocenters. The number of benzene rings is 1. The second kappa shape index (κ2) is 3.42. The normalized spacial score (nSPS) is 10.6. The first-order valence-electron chi connectivity index (χ1n) is 4.33. The minimum Gasteiger partial charge on any atom is -0.550 e. The summed E-state index contributed by atoms with van der Waals surface area (Å²) < 4.78 is 1.13. The quantitative estimate of drug-likeness (QED) is 0.745. The van der Waals surface area contributed by atoms with Gasteiger partial charge in [0.05, 0.1) is 0 Å². The van der Waals surface area contributed by atoms with Crippen molar-refractivity contribution in [1.82, 2.24) is 0 Å². The lowest BCUT2D eigenvalue weighted by molar-refractivity contribution is -0.304. The Hall–Kier alpha value is -1.35. The minimum absolute atomic E-state index is 0.00343. The summed E-state index contributed by atoms with van der Waals surface area (Å²) in [5.74, 6) is -1.02. The molecule has 1 aromatic heterocycles. The molecule has 0 saturated carbocycles. The number of thiophene rings is 1. The zero-order valence-electron chi connectivity index (χ0n) is 7.74. The topological polar surface area (TPSA) is 40.1 Å². The van der Waals surface area contributed by atoms with Gasteiger partial charge in [0, 0.05) is 17.1 Å². The van der Waals surface area contributed by atoms with Gasteiger partial charge < -0.3 is 9.90 Å². The smallest absolute Gasteiger partial charge is 0.0458 e. The Kier molecular flexibility index (Phi) is 2.25. The van der Waals surface area contributed by atoms with Crippen LogP contribution >= 0.6 is 11.3 Å². The van der Waals surface area contributed by atoms with E-state index in [1.807, 2.05) is 30.5 Å². The van der Waals surface area contributed by atoms with Crippen molar-refractivity contribution in [3.63, 3.8) is 0 Å². The second-order valence-electron chi connectivity index (χ2n) is 3.31. The number of aryl methyl sites for hydroxylation is 1. The fraction of sp³-hybridized carbons (Fsp3) is 0.182. The standard InChI is InChI=1S/C11H10O2S/c1-7-2-3-10-9(4-7)8(6-14-10)5-11(12)13/h2-4,6H,5H2,1H3,(H,12,13)/p-1. The van der Waals surface area contributed by atoms with Crippen molar-refractivity contribution < 1.29 is 9.90 Å². The third-order valence-electron chi connectivity index (χ3n) is 2.14. The molecular weight excluding hydrogens is 196 g/mol. The van der Waals surface area contributed by atoms with E-state index in [9.17, 15) is 9.90 Å². The molecule has 1 aromatic carbocycles. The maximum absolute atomic E-state index is 10.5. The number of fused-ring (bicyclic) bond motifs is 1. The van der Waals surface area contributed by atoms with Gasteiger partial charge in [-0.15, -0.1) is 11.3 Å². The van der Waals surface area contributed by atoms with E-state index in [0.717, 1.165) is 21.2 Å². The minimum atomic E-state index is -1.02. The van der Waals surface area contributed by atoms with Crippen molar-refractivity contribution in [3.05, 3.63) is 34.7 Å². The summed E-state index contributed by atoms with van der Waals surface area (Å²) in [4.78, 5) is 10.5. The molecule has 0 N–H and O–H groups in total. The Labute approximate surface area is 85.8 Å². The third kappa shape index (κ3) is 1.63. The predicted octanol–water partition coefficient (Wildman–Crippen LogP) is 1.50. The van der Waals surface area contributed by atoms with Crippen LogP contribution in [0.3, 0.4) is 0 Å². The first-order valence-corrected chi connectivity index (χ1v) is 5.21. The molecule has 0 saturated heterocycles. The van der Waals surface area contributed by atoms with E-state index < -0.39 is 5.97 Å². The molecule has 0 radical (unpaired) electrons. The zero-order valence-corrected chi connectivity index (χ0v) is 8.56. The van der Waals surface area contributed by atoms with Crippen LogP contribution in [0.5, 0.6) is 0 Å². The number of hydrogen-bond acceptors (Lipinski definition) is 3. The predicted molar refractivity (Wildman–Crippen MR) is 55.3 cm³/mol. The highest BCUT2D eigenvalue weighted by atomic mass is 32.1. The van der Waals surface area contributed by atoms with E-state index >= 15 is 0 Å². The van der Waals surface area contributed by atoms with Crippen LogP contribution in [0, 0.1) is 6.92 Å². The highest BCUT2D eigenvalue weighted by Crippen LogP contribution is 2.26. The molecule has 0 amide bonds. The van der Waals surface area contributed by atoms with Crippen LogP contribution in [0.4, 0.5) is 0 Å². The van der Waals surface area contributed by atoms with Gasteiger partial charge in [0.15, 0.2) is 0 Å². The number of aliphatic carboxylic acids is 1. The van der Waals surface area contributed by atoms with Gasteiger partial charge in [0.25, 0.3) is 0 Å². The molecule has 2 nitrogen and oxygen atoms in total. The number of carbonyl (C=O) groups excluding carboxylic acids is 1. The number of carboxylic acid groups (broad SMARTS) is 1. The summed E-state index contributed by atoms with van der Waals surface area (Å²) in [5.41, 5.74) is 2.00. The van der Waals surface area contributed by atoms with Gasteiger partial charge in [0.2, 0.25) is 0 Å². The highest BCUT2D eigenvalue weighted by molar-refractivity contribution is 7.17. The lowest BCUT2D eigenvalue weighted by Crippen LogP contribution is -2.24. The first-order chi connectivity index (χ1) is 6.66. The number of hydrogen-bond donors (Lipinski definition) is 0. The molecule has 72 valence electrons. The van der Waals surface area contributed by atoms with E-state index in [-0.39, 0.29) is 6.42 Å². The number of carboxylic acids is 1. The highest BCUT2D eigenvalue weighted by Gasteiger charge is 2.03. The van der Waals surface area contributed by atoms with Gasteiger partial charge >= 0.3 is 0 Å².